The van der Waals surface area contributed by atoms with Crippen LogP contribution in [0.25, 0.3) is 0 Å². The van der Waals surface area contributed by atoms with Crippen molar-refractivity contribution < 1.29 is 4.39 Å². The quantitative estimate of drug-likeness (QED) is 0.448. The molecule has 0 heterocycles. The highest BCUT2D eigenvalue weighted by Gasteiger charge is 1.85. The van der Waals surface area contributed by atoms with Gasteiger partial charge < -0.3 is 0 Å². The first-order valence-electron chi connectivity index (χ1n) is 2.49. The standard InChI is InChI=1S/C7H6FS/c1-9-7-4-2-6(8)3-5-7/h1-5,9H. The Morgan fingerprint density at radius 1 is 1.22 bits per heavy atom. The molecule has 0 saturated heterocycles. The molecule has 0 aromatic heterocycles. The summed E-state index contributed by atoms with van der Waals surface area (Å²) in [6.45, 7) is 0. The van der Waals surface area contributed by atoms with E-state index in [1.165, 1.54) is 12.1 Å². The zero-order valence-corrected chi connectivity index (χ0v) is 5.61. The van der Waals surface area contributed by atoms with Gasteiger partial charge >= 0.3 is 0 Å². The minimum absolute atomic E-state index is 0.220. The molecule has 0 saturated carbocycles. The molecule has 0 unspecified atom stereocenters. The average molecular weight is 141 g/mol. The van der Waals surface area contributed by atoms with E-state index >= 15 is 0 Å². The van der Waals surface area contributed by atoms with Crippen LogP contribution in [0.15, 0.2) is 29.2 Å². The molecule has 0 spiro atoms. The summed E-state index contributed by atoms with van der Waals surface area (Å²) in [5.74, 6) is 5.03. The smallest absolute Gasteiger partial charge is 0.123 e. The third-order valence-corrected chi connectivity index (χ3v) is 1.57. The summed E-state index contributed by atoms with van der Waals surface area (Å²) < 4.78 is 12.2. The van der Waals surface area contributed by atoms with Gasteiger partial charge in [-0.25, -0.2) is 4.39 Å². The van der Waals surface area contributed by atoms with Crippen LogP contribution in [0, 0.1) is 5.82 Å². The number of halogens is 1. The van der Waals surface area contributed by atoms with E-state index in [1.807, 2.05) is 0 Å². The number of thiol groups is 1. The van der Waals surface area contributed by atoms with Crippen molar-refractivity contribution in [1.29, 1.82) is 0 Å². The van der Waals surface area contributed by atoms with Gasteiger partial charge in [-0.2, -0.15) is 11.4 Å². The Morgan fingerprint density at radius 2 is 1.78 bits per heavy atom. The van der Waals surface area contributed by atoms with Crippen molar-refractivity contribution in [3.63, 3.8) is 0 Å². The van der Waals surface area contributed by atoms with Gasteiger partial charge in [-0.05, 0) is 35.0 Å². The van der Waals surface area contributed by atoms with Crippen LogP contribution in [0.1, 0.15) is 0 Å². The SMILES string of the molecule is [CH]=[SH]c1ccc(F)cc1. The second-order valence-corrected chi connectivity index (χ2v) is 2.38. The van der Waals surface area contributed by atoms with Crippen molar-refractivity contribution in [3.8, 4) is 0 Å². The molecule has 1 radical (unpaired) electrons. The summed E-state index contributed by atoms with van der Waals surface area (Å²) in [5.41, 5.74) is 0. The Kier molecular flexibility index (Phi) is 2.01. The highest BCUT2D eigenvalue weighted by molar-refractivity contribution is 7.96. The zero-order chi connectivity index (χ0) is 6.69. The average Bonchev–Trinajstić information content (AvgIpc) is 1.90. The van der Waals surface area contributed by atoms with Crippen LogP contribution in [0.5, 0.6) is 0 Å². The van der Waals surface area contributed by atoms with E-state index in [0.717, 1.165) is 4.90 Å². The molecule has 9 heavy (non-hydrogen) atoms. The normalized spacial score (nSPS) is 9.44. The Morgan fingerprint density at radius 3 is 2.22 bits per heavy atom. The first-order valence-corrected chi connectivity index (χ1v) is 3.46. The largest absolute Gasteiger partial charge is 0.207 e. The van der Waals surface area contributed by atoms with Gasteiger partial charge in [0.15, 0.2) is 0 Å². The molecule has 0 amide bonds. The van der Waals surface area contributed by atoms with Gasteiger partial charge in [-0.3, -0.25) is 0 Å². The third kappa shape index (κ3) is 1.64. The third-order valence-electron chi connectivity index (χ3n) is 0.976. The first-order chi connectivity index (χ1) is 4.33. The summed E-state index contributed by atoms with van der Waals surface area (Å²) in [6.07, 6.45) is 0. The second-order valence-electron chi connectivity index (χ2n) is 1.61. The number of rotatable bonds is 1. The van der Waals surface area contributed by atoms with Crippen LogP contribution >= 0.6 is 11.4 Å². The number of hydrogen-bond donors (Lipinski definition) is 1. The van der Waals surface area contributed by atoms with Gasteiger partial charge in [0.25, 0.3) is 0 Å². The highest BCUT2D eigenvalue weighted by atomic mass is 32.1. The lowest BCUT2D eigenvalue weighted by molar-refractivity contribution is 0.626. The maximum absolute atomic E-state index is 12.2. The van der Waals surface area contributed by atoms with E-state index in [9.17, 15) is 4.39 Å². The van der Waals surface area contributed by atoms with Crippen LogP contribution < -0.4 is 0 Å². The maximum atomic E-state index is 12.2. The Balaban J connectivity index is 3.01. The Bertz CT molecular complexity index is 203. The van der Waals surface area contributed by atoms with Crippen LogP contribution in [0.2, 0.25) is 0 Å². The Labute approximate surface area is 57.3 Å². The fourth-order valence-corrected chi connectivity index (χ4v) is 0.848. The van der Waals surface area contributed by atoms with Crippen LogP contribution in [-0.4, -0.2) is 5.87 Å². The summed E-state index contributed by atoms with van der Waals surface area (Å²) in [6, 6.07) is 6.12. The van der Waals surface area contributed by atoms with E-state index in [1.54, 1.807) is 12.1 Å². The molecule has 1 aromatic carbocycles. The van der Waals surface area contributed by atoms with Crippen LogP contribution in [0.3, 0.4) is 0 Å². The fourth-order valence-electron chi connectivity index (χ4n) is 0.527. The predicted molar refractivity (Wildman–Crippen MR) is 39.7 cm³/mol. The highest BCUT2D eigenvalue weighted by Crippen LogP contribution is 2.08. The van der Waals surface area contributed by atoms with Crippen molar-refractivity contribution in [2.24, 2.45) is 0 Å². The van der Waals surface area contributed by atoms with Gasteiger partial charge in [0, 0.05) is 0 Å². The van der Waals surface area contributed by atoms with E-state index < -0.39 is 0 Å². The van der Waals surface area contributed by atoms with Gasteiger partial charge in [0.05, 0.1) is 0 Å². The summed E-state index contributed by atoms with van der Waals surface area (Å²) >= 11 is 0.685. The maximum Gasteiger partial charge on any atom is 0.123 e. The van der Waals surface area contributed by atoms with E-state index in [4.69, 9.17) is 5.87 Å². The lowest BCUT2D eigenvalue weighted by Gasteiger charge is -1.89. The van der Waals surface area contributed by atoms with E-state index in [-0.39, 0.29) is 5.82 Å². The molecule has 0 aliphatic heterocycles. The molecular formula is C7H6FS. The molecule has 0 aliphatic rings. The fraction of sp³-hybridized carbons (Fsp3) is 0. The molecule has 0 aliphatic carbocycles. The van der Waals surface area contributed by atoms with Crippen LogP contribution in [-0.2, 0) is 0 Å². The van der Waals surface area contributed by atoms with Gasteiger partial charge in [-0.1, -0.05) is 0 Å². The molecule has 0 atom stereocenters. The Hall–Kier alpha value is -0.630. The molecule has 2 heteroatoms. The molecular weight excluding hydrogens is 135 g/mol. The number of benzene rings is 1. The van der Waals surface area contributed by atoms with Crippen molar-refractivity contribution >= 4 is 17.2 Å². The van der Waals surface area contributed by atoms with E-state index in [0.29, 0.717) is 11.4 Å². The van der Waals surface area contributed by atoms with Gasteiger partial charge in [0.1, 0.15) is 5.82 Å². The molecule has 0 N–H and O–H groups in total. The zero-order valence-electron chi connectivity index (χ0n) is 4.71. The van der Waals surface area contributed by atoms with Crippen molar-refractivity contribution in [2.75, 3.05) is 0 Å². The van der Waals surface area contributed by atoms with Crippen molar-refractivity contribution in [1.82, 2.24) is 0 Å². The molecule has 1 rings (SSSR count). The number of hydrogen-bond acceptors (Lipinski definition) is 0. The molecule has 47 valence electrons. The molecule has 0 nitrogen and oxygen atoms in total. The molecule has 0 fully saturated rings. The summed E-state index contributed by atoms with van der Waals surface area (Å²) in [5, 5.41) is 0. The van der Waals surface area contributed by atoms with Gasteiger partial charge in [0.2, 0.25) is 0 Å². The predicted octanol–water partition coefficient (Wildman–Crippen LogP) is 1.96. The minimum Gasteiger partial charge on any atom is -0.207 e. The van der Waals surface area contributed by atoms with Gasteiger partial charge in [-0.15, -0.1) is 0 Å². The topological polar surface area (TPSA) is 0 Å². The summed E-state index contributed by atoms with van der Waals surface area (Å²) in [7, 11) is 0. The lowest BCUT2D eigenvalue weighted by atomic mass is 10.4. The van der Waals surface area contributed by atoms with E-state index in [2.05, 4.69) is 0 Å². The first kappa shape index (κ1) is 6.49. The lowest BCUT2D eigenvalue weighted by Crippen LogP contribution is -1.69. The van der Waals surface area contributed by atoms with Crippen molar-refractivity contribution in [3.05, 3.63) is 30.1 Å². The van der Waals surface area contributed by atoms with Crippen LogP contribution in [0.4, 0.5) is 4.39 Å². The molecule has 1 aromatic rings. The van der Waals surface area contributed by atoms with Crippen molar-refractivity contribution in [2.45, 2.75) is 4.90 Å². The molecule has 0 bridgehead atoms. The summed E-state index contributed by atoms with van der Waals surface area (Å²) in [4.78, 5) is 0.927. The monoisotopic (exact) mass is 141 g/mol. The second kappa shape index (κ2) is 2.78. The minimum atomic E-state index is -0.220.